The topological polar surface area (TPSA) is 12.9 Å². The zero-order valence-electron chi connectivity index (χ0n) is 17.5. The second-order valence-electron chi connectivity index (χ2n) is 7.73. The van der Waals surface area contributed by atoms with Crippen LogP contribution in [0.15, 0.2) is 66.9 Å². The predicted molar refractivity (Wildman–Crippen MR) is 122 cm³/mol. The summed E-state index contributed by atoms with van der Waals surface area (Å²) in [6.07, 6.45) is 12.0. The SMILES string of the molecule is CCCCCCc1ccc(-c2ccc(-c3ccc(CCCC)cc3)cc2)cn1. The second kappa shape index (κ2) is 10.8. The van der Waals surface area contributed by atoms with Gasteiger partial charge in [0.2, 0.25) is 0 Å². The first-order chi connectivity index (χ1) is 13.8. The van der Waals surface area contributed by atoms with Gasteiger partial charge in [-0.25, -0.2) is 0 Å². The summed E-state index contributed by atoms with van der Waals surface area (Å²) in [5.41, 5.74) is 7.62. The van der Waals surface area contributed by atoms with Gasteiger partial charge in [-0.2, -0.15) is 0 Å². The molecule has 0 amide bonds. The van der Waals surface area contributed by atoms with E-state index in [0.29, 0.717) is 0 Å². The fraction of sp³-hybridized carbons (Fsp3) is 0.370. The van der Waals surface area contributed by atoms with Crippen LogP contribution in [-0.2, 0) is 12.8 Å². The standard InChI is InChI=1S/C27H33N/c1-3-5-7-8-10-27-20-19-26(21-28-27)25-17-15-24(16-18-25)23-13-11-22(12-14-23)9-6-4-2/h11-21H,3-10H2,1-2H3. The molecule has 0 radical (unpaired) electrons. The van der Waals surface area contributed by atoms with Crippen LogP contribution in [0.4, 0.5) is 0 Å². The first-order valence-electron chi connectivity index (χ1n) is 10.9. The fourth-order valence-corrected chi connectivity index (χ4v) is 3.58. The molecule has 0 bridgehead atoms. The van der Waals surface area contributed by atoms with Crippen molar-refractivity contribution in [3.05, 3.63) is 78.1 Å². The summed E-state index contributed by atoms with van der Waals surface area (Å²) in [6, 6.07) is 22.3. The van der Waals surface area contributed by atoms with Crippen molar-refractivity contribution in [2.45, 2.75) is 65.2 Å². The molecule has 0 spiro atoms. The third kappa shape index (κ3) is 5.79. The van der Waals surface area contributed by atoms with Crippen LogP contribution in [0.1, 0.15) is 63.6 Å². The smallest absolute Gasteiger partial charge is 0.0404 e. The molecule has 146 valence electrons. The maximum Gasteiger partial charge on any atom is 0.0404 e. The molecule has 1 heterocycles. The number of unbranched alkanes of at least 4 members (excludes halogenated alkanes) is 4. The lowest BCUT2D eigenvalue weighted by Gasteiger charge is -2.07. The number of benzene rings is 2. The van der Waals surface area contributed by atoms with E-state index in [2.05, 4.69) is 79.5 Å². The van der Waals surface area contributed by atoms with Gasteiger partial charge in [0.25, 0.3) is 0 Å². The van der Waals surface area contributed by atoms with Crippen LogP contribution < -0.4 is 0 Å². The molecule has 1 nitrogen and oxygen atoms in total. The summed E-state index contributed by atoms with van der Waals surface area (Å²) in [5.74, 6) is 0. The van der Waals surface area contributed by atoms with Crippen LogP contribution in [0.3, 0.4) is 0 Å². The van der Waals surface area contributed by atoms with Gasteiger partial charge in [-0.05, 0) is 54.0 Å². The lowest BCUT2D eigenvalue weighted by Crippen LogP contribution is -1.91. The Labute approximate surface area is 170 Å². The van der Waals surface area contributed by atoms with E-state index in [0.717, 1.165) is 6.42 Å². The molecular formula is C27H33N. The van der Waals surface area contributed by atoms with Crippen molar-refractivity contribution in [3.63, 3.8) is 0 Å². The van der Waals surface area contributed by atoms with Crippen LogP contribution in [0.2, 0.25) is 0 Å². The predicted octanol–water partition coefficient (Wildman–Crippen LogP) is 7.88. The van der Waals surface area contributed by atoms with E-state index in [1.54, 1.807) is 0 Å². The molecule has 0 aliphatic rings. The van der Waals surface area contributed by atoms with E-state index >= 15 is 0 Å². The molecular weight excluding hydrogens is 338 g/mol. The van der Waals surface area contributed by atoms with Crippen molar-refractivity contribution in [1.29, 1.82) is 0 Å². The molecule has 3 aromatic rings. The Morgan fingerprint density at radius 2 is 1.11 bits per heavy atom. The number of nitrogens with zero attached hydrogens (tertiary/aromatic N) is 1. The van der Waals surface area contributed by atoms with E-state index in [1.165, 1.54) is 78.5 Å². The Hall–Kier alpha value is -2.41. The van der Waals surface area contributed by atoms with Crippen LogP contribution in [0, 0.1) is 0 Å². The largest absolute Gasteiger partial charge is 0.261 e. The van der Waals surface area contributed by atoms with Gasteiger partial charge in [0.1, 0.15) is 0 Å². The molecule has 2 aromatic carbocycles. The zero-order valence-corrected chi connectivity index (χ0v) is 17.5. The van der Waals surface area contributed by atoms with Gasteiger partial charge < -0.3 is 0 Å². The van der Waals surface area contributed by atoms with Gasteiger partial charge in [0.15, 0.2) is 0 Å². The third-order valence-corrected chi connectivity index (χ3v) is 5.44. The van der Waals surface area contributed by atoms with Crippen molar-refractivity contribution < 1.29 is 0 Å². The van der Waals surface area contributed by atoms with Crippen LogP contribution >= 0.6 is 0 Å². The number of aryl methyl sites for hydroxylation is 2. The molecule has 0 atom stereocenters. The van der Waals surface area contributed by atoms with E-state index in [1.807, 2.05) is 6.20 Å². The number of hydrogen-bond acceptors (Lipinski definition) is 1. The van der Waals surface area contributed by atoms with Crippen LogP contribution in [0.5, 0.6) is 0 Å². The van der Waals surface area contributed by atoms with Crippen molar-refractivity contribution in [1.82, 2.24) is 4.98 Å². The highest BCUT2D eigenvalue weighted by atomic mass is 14.7. The highest BCUT2D eigenvalue weighted by Gasteiger charge is 2.03. The fourth-order valence-electron chi connectivity index (χ4n) is 3.58. The molecule has 0 unspecified atom stereocenters. The summed E-state index contributed by atoms with van der Waals surface area (Å²) in [4.78, 5) is 4.67. The first-order valence-corrected chi connectivity index (χ1v) is 10.9. The van der Waals surface area contributed by atoms with Crippen molar-refractivity contribution in [3.8, 4) is 22.3 Å². The van der Waals surface area contributed by atoms with E-state index < -0.39 is 0 Å². The Morgan fingerprint density at radius 3 is 1.68 bits per heavy atom. The molecule has 0 N–H and O–H groups in total. The van der Waals surface area contributed by atoms with Gasteiger partial charge in [0.05, 0.1) is 0 Å². The average Bonchev–Trinajstić information content (AvgIpc) is 2.76. The molecule has 0 saturated heterocycles. The maximum atomic E-state index is 4.67. The summed E-state index contributed by atoms with van der Waals surface area (Å²) in [6.45, 7) is 4.49. The van der Waals surface area contributed by atoms with Gasteiger partial charge in [-0.3, -0.25) is 4.98 Å². The minimum Gasteiger partial charge on any atom is -0.261 e. The monoisotopic (exact) mass is 371 g/mol. The van der Waals surface area contributed by atoms with Gasteiger partial charge >= 0.3 is 0 Å². The summed E-state index contributed by atoms with van der Waals surface area (Å²) in [5, 5.41) is 0. The van der Waals surface area contributed by atoms with Gasteiger partial charge in [-0.15, -0.1) is 0 Å². The highest BCUT2D eigenvalue weighted by Crippen LogP contribution is 2.25. The Bertz CT molecular complexity index is 814. The molecule has 0 aliphatic heterocycles. The molecule has 0 fully saturated rings. The normalized spacial score (nSPS) is 10.9. The lowest BCUT2D eigenvalue weighted by molar-refractivity contribution is 0.661. The quantitative estimate of drug-likeness (QED) is 0.330. The van der Waals surface area contributed by atoms with E-state index in [9.17, 15) is 0 Å². The summed E-state index contributed by atoms with van der Waals surface area (Å²) >= 11 is 0. The minimum atomic E-state index is 1.09. The Balaban J connectivity index is 1.62. The number of rotatable bonds is 10. The average molecular weight is 372 g/mol. The van der Waals surface area contributed by atoms with Crippen molar-refractivity contribution in [2.75, 3.05) is 0 Å². The van der Waals surface area contributed by atoms with E-state index in [4.69, 9.17) is 0 Å². The first kappa shape index (κ1) is 20.3. The molecule has 0 saturated carbocycles. The zero-order chi connectivity index (χ0) is 19.6. The number of hydrogen-bond donors (Lipinski definition) is 0. The highest BCUT2D eigenvalue weighted by molar-refractivity contribution is 5.70. The molecule has 28 heavy (non-hydrogen) atoms. The Kier molecular flexibility index (Phi) is 7.84. The number of pyridine rings is 1. The lowest BCUT2D eigenvalue weighted by atomic mass is 9.99. The summed E-state index contributed by atoms with van der Waals surface area (Å²) < 4.78 is 0. The van der Waals surface area contributed by atoms with Gasteiger partial charge in [0, 0.05) is 17.5 Å². The molecule has 1 heteroatoms. The molecule has 1 aromatic heterocycles. The number of aromatic nitrogens is 1. The Morgan fingerprint density at radius 1 is 0.536 bits per heavy atom. The van der Waals surface area contributed by atoms with Crippen LogP contribution in [0.25, 0.3) is 22.3 Å². The van der Waals surface area contributed by atoms with Crippen molar-refractivity contribution in [2.24, 2.45) is 0 Å². The minimum absolute atomic E-state index is 1.09. The van der Waals surface area contributed by atoms with Gasteiger partial charge in [-0.1, -0.05) is 94.1 Å². The second-order valence-corrected chi connectivity index (χ2v) is 7.73. The molecule has 0 aliphatic carbocycles. The molecule has 3 rings (SSSR count). The van der Waals surface area contributed by atoms with Crippen molar-refractivity contribution >= 4 is 0 Å². The summed E-state index contributed by atoms with van der Waals surface area (Å²) in [7, 11) is 0. The maximum absolute atomic E-state index is 4.67. The third-order valence-electron chi connectivity index (χ3n) is 5.44. The van der Waals surface area contributed by atoms with Crippen LogP contribution in [-0.4, -0.2) is 4.98 Å². The van der Waals surface area contributed by atoms with E-state index in [-0.39, 0.29) is 0 Å².